The summed E-state index contributed by atoms with van der Waals surface area (Å²) in [5.41, 5.74) is 5.57. The minimum Gasteiger partial charge on any atom is -0.368 e. The van der Waals surface area contributed by atoms with Crippen molar-refractivity contribution < 1.29 is 4.21 Å². The summed E-state index contributed by atoms with van der Waals surface area (Å²) < 4.78 is 11.9. The highest BCUT2D eigenvalue weighted by molar-refractivity contribution is 7.85. The van der Waals surface area contributed by atoms with Crippen LogP contribution in [0.5, 0.6) is 0 Å². The van der Waals surface area contributed by atoms with Crippen molar-refractivity contribution in [3.63, 3.8) is 0 Å². The van der Waals surface area contributed by atoms with Crippen molar-refractivity contribution in [2.24, 2.45) is 0 Å². The average Bonchev–Trinajstić information content (AvgIpc) is 2.37. The van der Waals surface area contributed by atoms with E-state index >= 15 is 0 Å². The number of hydrogen-bond acceptors (Lipinski definition) is 5. The SMILES string of the molecule is CCS(=O)C1CCCC(Nc2cc(Cl)nc(N)n2)C1. The van der Waals surface area contributed by atoms with E-state index < -0.39 is 10.8 Å². The molecule has 0 amide bonds. The Morgan fingerprint density at radius 3 is 3.00 bits per heavy atom. The van der Waals surface area contributed by atoms with Gasteiger partial charge in [0.25, 0.3) is 0 Å². The molecule has 1 saturated carbocycles. The molecule has 106 valence electrons. The second kappa shape index (κ2) is 6.52. The predicted molar refractivity (Wildman–Crippen MR) is 79.8 cm³/mol. The highest BCUT2D eigenvalue weighted by atomic mass is 35.5. The minimum atomic E-state index is -0.724. The molecule has 1 aromatic rings. The van der Waals surface area contributed by atoms with Crippen molar-refractivity contribution in [2.75, 3.05) is 16.8 Å². The Kier molecular flexibility index (Phi) is 4.99. The van der Waals surface area contributed by atoms with Crippen molar-refractivity contribution in [1.29, 1.82) is 0 Å². The number of aromatic nitrogens is 2. The molecular weight excluding hydrogens is 284 g/mol. The maximum atomic E-state index is 11.9. The third kappa shape index (κ3) is 4.04. The molecule has 1 fully saturated rings. The van der Waals surface area contributed by atoms with Gasteiger partial charge in [0.15, 0.2) is 0 Å². The Hall–Kier alpha value is -0.880. The molecule has 7 heteroatoms. The van der Waals surface area contributed by atoms with E-state index in [1.807, 2.05) is 6.92 Å². The number of nitrogens with one attached hydrogen (secondary N) is 1. The number of nitrogens with zero attached hydrogens (tertiary/aromatic N) is 2. The van der Waals surface area contributed by atoms with E-state index in [4.69, 9.17) is 17.3 Å². The number of hydrogen-bond donors (Lipinski definition) is 2. The fraction of sp³-hybridized carbons (Fsp3) is 0.667. The third-order valence-electron chi connectivity index (χ3n) is 3.35. The molecule has 1 aromatic heterocycles. The van der Waals surface area contributed by atoms with Crippen LogP contribution in [0.4, 0.5) is 11.8 Å². The van der Waals surface area contributed by atoms with E-state index in [-0.39, 0.29) is 17.2 Å². The van der Waals surface area contributed by atoms with Crippen molar-refractivity contribution in [2.45, 2.75) is 43.9 Å². The summed E-state index contributed by atoms with van der Waals surface area (Å²) in [6, 6.07) is 1.94. The zero-order valence-electron chi connectivity index (χ0n) is 10.9. The molecule has 2 rings (SSSR count). The monoisotopic (exact) mass is 302 g/mol. The Morgan fingerprint density at radius 1 is 1.53 bits per heavy atom. The summed E-state index contributed by atoms with van der Waals surface area (Å²) >= 11 is 5.85. The highest BCUT2D eigenvalue weighted by Gasteiger charge is 2.25. The van der Waals surface area contributed by atoms with Crippen molar-refractivity contribution in [1.82, 2.24) is 9.97 Å². The molecule has 3 N–H and O–H groups in total. The van der Waals surface area contributed by atoms with Crippen LogP contribution in [0.1, 0.15) is 32.6 Å². The molecule has 5 nitrogen and oxygen atoms in total. The predicted octanol–water partition coefficient (Wildman–Crippen LogP) is 2.20. The van der Waals surface area contributed by atoms with Crippen LogP contribution in [-0.4, -0.2) is 31.2 Å². The van der Waals surface area contributed by atoms with Gasteiger partial charge in [0.05, 0.1) is 0 Å². The Balaban J connectivity index is 2.00. The number of rotatable bonds is 4. The van der Waals surface area contributed by atoms with Gasteiger partial charge in [-0.05, 0) is 19.3 Å². The molecule has 0 aliphatic heterocycles. The molecule has 0 aromatic carbocycles. The maximum absolute atomic E-state index is 11.9. The van der Waals surface area contributed by atoms with Gasteiger partial charge in [-0.25, -0.2) is 4.98 Å². The molecule has 1 aliphatic carbocycles. The number of anilines is 2. The molecule has 0 spiro atoms. The number of nitrogens with two attached hydrogens (primary N) is 1. The fourth-order valence-corrected chi connectivity index (χ4v) is 4.01. The van der Waals surface area contributed by atoms with Gasteiger partial charge in [0.1, 0.15) is 11.0 Å². The zero-order chi connectivity index (χ0) is 13.8. The van der Waals surface area contributed by atoms with Gasteiger partial charge >= 0.3 is 0 Å². The van der Waals surface area contributed by atoms with Crippen LogP contribution in [0.3, 0.4) is 0 Å². The van der Waals surface area contributed by atoms with Crippen LogP contribution in [0.25, 0.3) is 0 Å². The quantitative estimate of drug-likeness (QED) is 0.833. The minimum absolute atomic E-state index is 0.166. The highest BCUT2D eigenvalue weighted by Crippen LogP contribution is 2.25. The van der Waals surface area contributed by atoms with E-state index in [1.54, 1.807) is 6.07 Å². The standard InChI is InChI=1S/C12H19ClN4OS/c1-2-19(18)9-5-3-4-8(6-9)15-11-7-10(13)16-12(14)17-11/h7-9H,2-6H2,1H3,(H3,14,15,16,17). The first-order valence-corrected chi connectivity index (χ1v) is 8.28. The Bertz CT molecular complexity index is 451. The molecule has 0 saturated heterocycles. The topological polar surface area (TPSA) is 80.9 Å². The van der Waals surface area contributed by atoms with Gasteiger partial charge in [0.2, 0.25) is 5.95 Å². The third-order valence-corrected chi connectivity index (χ3v) is 5.28. The smallest absolute Gasteiger partial charge is 0.223 e. The van der Waals surface area contributed by atoms with Gasteiger partial charge in [-0.3, -0.25) is 4.21 Å². The van der Waals surface area contributed by atoms with Gasteiger partial charge in [-0.15, -0.1) is 0 Å². The summed E-state index contributed by atoms with van der Waals surface area (Å²) in [7, 11) is -0.724. The molecule has 1 aliphatic rings. The van der Waals surface area contributed by atoms with E-state index in [0.717, 1.165) is 31.4 Å². The van der Waals surface area contributed by atoms with Gasteiger partial charge in [-0.1, -0.05) is 24.9 Å². The molecule has 1 heterocycles. The lowest BCUT2D eigenvalue weighted by Crippen LogP contribution is -2.33. The summed E-state index contributed by atoms with van der Waals surface area (Å²) in [5, 5.41) is 3.94. The summed E-state index contributed by atoms with van der Waals surface area (Å²) in [5.74, 6) is 1.54. The molecule has 0 radical (unpaired) electrons. The lowest BCUT2D eigenvalue weighted by Gasteiger charge is -2.29. The van der Waals surface area contributed by atoms with E-state index in [0.29, 0.717) is 11.0 Å². The van der Waals surface area contributed by atoms with Gasteiger partial charge < -0.3 is 11.1 Å². The average molecular weight is 303 g/mol. The maximum Gasteiger partial charge on any atom is 0.223 e. The lowest BCUT2D eigenvalue weighted by molar-refractivity contribution is 0.464. The fourth-order valence-electron chi connectivity index (χ4n) is 2.47. The van der Waals surface area contributed by atoms with Crippen LogP contribution in [0.15, 0.2) is 6.07 Å². The summed E-state index contributed by atoms with van der Waals surface area (Å²) in [6.45, 7) is 1.97. The Morgan fingerprint density at radius 2 is 2.32 bits per heavy atom. The summed E-state index contributed by atoms with van der Waals surface area (Å²) in [6.07, 6.45) is 4.09. The van der Waals surface area contributed by atoms with E-state index in [1.165, 1.54) is 0 Å². The van der Waals surface area contributed by atoms with Crippen molar-refractivity contribution in [3.8, 4) is 0 Å². The van der Waals surface area contributed by atoms with Gasteiger partial charge in [0, 0.05) is 33.9 Å². The van der Waals surface area contributed by atoms with Crippen LogP contribution >= 0.6 is 11.6 Å². The first kappa shape index (κ1) is 14.5. The zero-order valence-corrected chi connectivity index (χ0v) is 12.5. The number of halogens is 1. The van der Waals surface area contributed by atoms with Gasteiger partial charge in [-0.2, -0.15) is 4.98 Å². The van der Waals surface area contributed by atoms with Crippen molar-refractivity contribution in [3.05, 3.63) is 11.2 Å². The second-order valence-electron chi connectivity index (χ2n) is 4.73. The normalized spacial score (nSPS) is 24.9. The second-order valence-corrected chi connectivity index (χ2v) is 7.13. The van der Waals surface area contributed by atoms with E-state index in [2.05, 4.69) is 15.3 Å². The molecule has 19 heavy (non-hydrogen) atoms. The largest absolute Gasteiger partial charge is 0.368 e. The first-order chi connectivity index (χ1) is 9.08. The Labute approximate surface area is 120 Å². The summed E-state index contributed by atoms with van der Waals surface area (Å²) in [4.78, 5) is 7.94. The molecule has 3 atom stereocenters. The molecule has 3 unspecified atom stereocenters. The van der Waals surface area contributed by atoms with Crippen LogP contribution < -0.4 is 11.1 Å². The number of nitrogen functional groups attached to an aromatic ring is 1. The van der Waals surface area contributed by atoms with Crippen LogP contribution in [0.2, 0.25) is 5.15 Å². The van der Waals surface area contributed by atoms with Crippen LogP contribution in [-0.2, 0) is 10.8 Å². The van der Waals surface area contributed by atoms with Crippen molar-refractivity contribution >= 4 is 34.2 Å². The molecular formula is C12H19ClN4OS. The first-order valence-electron chi connectivity index (χ1n) is 6.52. The molecule has 0 bridgehead atoms. The lowest BCUT2D eigenvalue weighted by atomic mass is 9.95. The van der Waals surface area contributed by atoms with E-state index in [9.17, 15) is 4.21 Å². The van der Waals surface area contributed by atoms with Crippen LogP contribution in [0, 0.1) is 0 Å².